The molecule has 1 aromatic carbocycles. The maximum absolute atomic E-state index is 12.3. The summed E-state index contributed by atoms with van der Waals surface area (Å²) in [5.74, 6) is 1.26. The van der Waals surface area contributed by atoms with Gasteiger partial charge in [0.15, 0.2) is 0 Å². The van der Waals surface area contributed by atoms with E-state index >= 15 is 0 Å². The molecule has 0 spiro atoms. The lowest BCUT2D eigenvalue weighted by Crippen LogP contribution is -2.30. The van der Waals surface area contributed by atoms with E-state index < -0.39 is 0 Å². The number of halogens is 1. The molecule has 1 saturated carbocycles. The zero-order chi connectivity index (χ0) is 13.8. The van der Waals surface area contributed by atoms with Gasteiger partial charge in [0.2, 0.25) is 0 Å². The fraction of sp³-hybridized carbons (Fsp3) is 0.533. The molecule has 0 bridgehead atoms. The van der Waals surface area contributed by atoms with Crippen molar-refractivity contribution in [3.05, 3.63) is 28.2 Å². The summed E-state index contributed by atoms with van der Waals surface area (Å²) in [4.78, 5) is 12.3. The van der Waals surface area contributed by atoms with Gasteiger partial charge in [-0.1, -0.05) is 15.9 Å². The fourth-order valence-corrected chi connectivity index (χ4v) is 3.07. The van der Waals surface area contributed by atoms with Crippen LogP contribution in [0.2, 0.25) is 0 Å². The van der Waals surface area contributed by atoms with Crippen molar-refractivity contribution in [2.24, 2.45) is 11.7 Å². The first-order chi connectivity index (χ1) is 9.10. The summed E-state index contributed by atoms with van der Waals surface area (Å²) in [6.45, 7) is 0. The smallest absolute Gasteiger partial charge is 0.140 e. The minimum Gasteiger partial charge on any atom is -0.496 e. The van der Waals surface area contributed by atoms with Crippen LogP contribution in [0.1, 0.15) is 31.2 Å². The van der Waals surface area contributed by atoms with Crippen molar-refractivity contribution in [2.75, 3.05) is 7.11 Å². The van der Waals surface area contributed by atoms with Gasteiger partial charge in [-0.25, -0.2) is 0 Å². The van der Waals surface area contributed by atoms with E-state index in [0.717, 1.165) is 41.5 Å². The van der Waals surface area contributed by atoms with Gasteiger partial charge in [-0.2, -0.15) is 0 Å². The molecule has 4 heteroatoms. The van der Waals surface area contributed by atoms with Gasteiger partial charge in [0.05, 0.1) is 7.11 Å². The minimum absolute atomic E-state index is 0.170. The molecule has 0 unspecified atom stereocenters. The number of carbonyl (C=O) groups is 1. The van der Waals surface area contributed by atoms with Crippen LogP contribution in [0.4, 0.5) is 0 Å². The lowest BCUT2D eigenvalue weighted by atomic mass is 9.82. The molecule has 0 saturated heterocycles. The average Bonchev–Trinajstić information content (AvgIpc) is 2.39. The number of hydrogen-bond acceptors (Lipinski definition) is 3. The van der Waals surface area contributed by atoms with Gasteiger partial charge in [0.1, 0.15) is 11.5 Å². The van der Waals surface area contributed by atoms with E-state index in [1.54, 1.807) is 7.11 Å². The first kappa shape index (κ1) is 14.5. The SMILES string of the molecule is COc1ccc(Br)cc1CC(=O)C1CCC(N)CC1. The number of nitrogens with two attached hydrogens (primary N) is 1. The molecule has 1 aliphatic carbocycles. The molecular formula is C15H20BrNO2. The summed E-state index contributed by atoms with van der Waals surface area (Å²) in [6.07, 6.45) is 4.23. The van der Waals surface area contributed by atoms with Crippen LogP contribution >= 0.6 is 15.9 Å². The van der Waals surface area contributed by atoms with E-state index in [9.17, 15) is 4.79 Å². The highest BCUT2D eigenvalue weighted by molar-refractivity contribution is 9.10. The third-order valence-electron chi connectivity index (χ3n) is 3.83. The lowest BCUT2D eigenvalue weighted by Gasteiger charge is -2.25. The van der Waals surface area contributed by atoms with Crippen LogP contribution in [-0.4, -0.2) is 18.9 Å². The summed E-state index contributed by atoms with van der Waals surface area (Å²) >= 11 is 3.44. The second-order valence-corrected chi connectivity index (χ2v) is 6.13. The number of methoxy groups -OCH3 is 1. The third-order valence-corrected chi connectivity index (χ3v) is 4.33. The summed E-state index contributed by atoms with van der Waals surface area (Å²) in [5.41, 5.74) is 6.83. The highest BCUT2D eigenvalue weighted by Gasteiger charge is 2.25. The van der Waals surface area contributed by atoms with Gasteiger partial charge in [-0.05, 0) is 43.9 Å². The average molecular weight is 326 g/mol. The summed E-state index contributed by atoms with van der Waals surface area (Å²) in [6, 6.07) is 6.06. The first-order valence-corrected chi connectivity index (χ1v) is 7.50. The summed E-state index contributed by atoms with van der Waals surface area (Å²) in [7, 11) is 1.64. The van der Waals surface area contributed by atoms with Crippen LogP contribution in [0.15, 0.2) is 22.7 Å². The Morgan fingerprint density at radius 1 is 1.37 bits per heavy atom. The van der Waals surface area contributed by atoms with Crippen LogP contribution in [0, 0.1) is 5.92 Å². The van der Waals surface area contributed by atoms with Crippen LogP contribution in [0.25, 0.3) is 0 Å². The number of ketones is 1. The predicted molar refractivity (Wildman–Crippen MR) is 79.3 cm³/mol. The molecule has 0 amide bonds. The molecule has 0 radical (unpaired) electrons. The zero-order valence-corrected chi connectivity index (χ0v) is 12.8. The van der Waals surface area contributed by atoms with E-state index in [0.29, 0.717) is 12.2 Å². The second-order valence-electron chi connectivity index (χ2n) is 5.21. The molecule has 1 fully saturated rings. The summed E-state index contributed by atoms with van der Waals surface area (Å²) in [5, 5.41) is 0. The van der Waals surface area contributed by atoms with Gasteiger partial charge < -0.3 is 10.5 Å². The normalized spacial score (nSPS) is 23.1. The highest BCUT2D eigenvalue weighted by Crippen LogP contribution is 2.28. The Morgan fingerprint density at radius 3 is 2.68 bits per heavy atom. The van der Waals surface area contributed by atoms with Gasteiger partial charge in [-0.15, -0.1) is 0 Å². The molecule has 19 heavy (non-hydrogen) atoms. The zero-order valence-electron chi connectivity index (χ0n) is 11.2. The Balaban J connectivity index is 2.04. The van der Waals surface area contributed by atoms with Gasteiger partial charge in [0.25, 0.3) is 0 Å². The van der Waals surface area contributed by atoms with E-state index in [-0.39, 0.29) is 12.0 Å². The number of carbonyl (C=O) groups excluding carboxylic acids is 1. The monoisotopic (exact) mass is 325 g/mol. The fourth-order valence-electron chi connectivity index (χ4n) is 2.66. The second kappa shape index (κ2) is 6.53. The standard InChI is InChI=1S/C15H20BrNO2/c1-19-15-7-4-12(16)8-11(15)9-14(18)10-2-5-13(17)6-3-10/h4,7-8,10,13H,2-3,5-6,9,17H2,1H3. The van der Waals surface area contributed by atoms with Crippen LogP contribution in [-0.2, 0) is 11.2 Å². The third kappa shape index (κ3) is 3.80. The van der Waals surface area contributed by atoms with Crippen molar-refractivity contribution in [1.29, 1.82) is 0 Å². The Hall–Kier alpha value is -0.870. The van der Waals surface area contributed by atoms with E-state index in [1.807, 2.05) is 18.2 Å². The van der Waals surface area contributed by atoms with E-state index in [2.05, 4.69) is 15.9 Å². The van der Waals surface area contributed by atoms with Crippen molar-refractivity contribution in [1.82, 2.24) is 0 Å². The van der Waals surface area contributed by atoms with E-state index in [1.165, 1.54) is 0 Å². The maximum atomic E-state index is 12.3. The molecule has 0 aromatic heterocycles. The molecule has 0 heterocycles. The summed E-state index contributed by atoms with van der Waals surface area (Å²) < 4.78 is 6.29. The van der Waals surface area contributed by atoms with Gasteiger partial charge in [-0.3, -0.25) is 4.79 Å². The molecular weight excluding hydrogens is 306 g/mol. The van der Waals surface area contributed by atoms with Gasteiger partial charge in [0, 0.05) is 28.4 Å². The van der Waals surface area contributed by atoms with Gasteiger partial charge >= 0.3 is 0 Å². The number of benzene rings is 1. The molecule has 1 aromatic rings. The first-order valence-electron chi connectivity index (χ1n) is 6.71. The topological polar surface area (TPSA) is 52.3 Å². The van der Waals surface area contributed by atoms with Crippen LogP contribution < -0.4 is 10.5 Å². The highest BCUT2D eigenvalue weighted by atomic mass is 79.9. The largest absolute Gasteiger partial charge is 0.496 e. The quantitative estimate of drug-likeness (QED) is 0.925. The Morgan fingerprint density at radius 2 is 2.05 bits per heavy atom. The predicted octanol–water partition coefficient (Wildman–Crippen LogP) is 3.09. The number of Topliss-reactive ketones (excluding diaryl/α,β-unsaturated/α-hetero) is 1. The van der Waals surface area contributed by atoms with Crippen molar-refractivity contribution < 1.29 is 9.53 Å². The molecule has 0 atom stereocenters. The van der Waals surface area contributed by atoms with Crippen molar-refractivity contribution in [2.45, 2.75) is 38.1 Å². The molecule has 0 aliphatic heterocycles. The number of hydrogen-bond donors (Lipinski definition) is 1. The van der Waals surface area contributed by atoms with Crippen molar-refractivity contribution in [3.8, 4) is 5.75 Å². The number of ether oxygens (including phenoxy) is 1. The maximum Gasteiger partial charge on any atom is 0.140 e. The molecule has 3 nitrogen and oxygen atoms in total. The van der Waals surface area contributed by atoms with Crippen LogP contribution in [0.5, 0.6) is 5.75 Å². The molecule has 1 aliphatic rings. The molecule has 2 rings (SSSR count). The van der Waals surface area contributed by atoms with E-state index in [4.69, 9.17) is 10.5 Å². The van der Waals surface area contributed by atoms with Crippen molar-refractivity contribution in [3.63, 3.8) is 0 Å². The minimum atomic E-state index is 0.170. The molecule has 2 N–H and O–H groups in total. The lowest BCUT2D eigenvalue weighted by molar-refractivity contribution is -0.123. The van der Waals surface area contributed by atoms with Crippen LogP contribution in [0.3, 0.4) is 0 Å². The molecule has 104 valence electrons. The Bertz CT molecular complexity index is 453. The van der Waals surface area contributed by atoms with Crippen molar-refractivity contribution >= 4 is 21.7 Å². The Kier molecular flexibility index (Phi) is 4.99. The Labute approximate surface area is 122 Å². The number of rotatable bonds is 4.